The van der Waals surface area contributed by atoms with Crippen LogP contribution in [0.3, 0.4) is 0 Å². The third kappa shape index (κ3) is 4.90. The van der Waals surface area contributed by atoms with Crippen LogP contribution in [0.4, 0.5) is 5.69 Å². The zero-order valence-corrected chi connectivity index (χ0v) is 17.8. The molecule has 0 aliphatic carbocycles. The molecule has 8 nitrogen and oxygen atoms in total. The first-order chi connectivity index (χ1) is 13.8. The fraction of sp³-hybridized carbons (Fsp3) is 0.600. The van der Waals surface area contributed by atoms with E-state index in [9.17, 15) is 18.0 Å². The van der Waals surface area contributed by atoms with Gasteiger partial charge in [-0.2, -0.15) is 4.31 Å². The molecule has 2 heterocycles. The van der Waals surface area contributed by atoms with Gasteiger partial charge < -0.3 is 15.0 Å². The van der Waals surface area contributed by atoms with Crippen molar-refractivity contribution in [1.29, 1.82) is 0 Å². The maximum absolute atomic E-state index is 13.1. The van der Waals surface area contributed by atoms with Gasteiger partial charge in [0.1, 0.15) is 10.6 Å². The number of nitrogens with one attached hydrogen (secondary N) is 1. The first-order valence-electron chi connectivity index (χ1n) is 10.1. The van der Waals surface area contributed by atoms with Crippen LogP contribution >= 0.6 is 0 Å². The molecule has 0 saturated carbocycles. The van der Waals surface area contributed by atoms with Gasteiger partial charge >= 0.3 is 0 Å². The van der Waals surface area contributed by atoms with Crippen molar-refractivity contribution >= 4 is 27.5 Å². The van der Waals surface area contributed by atoms with E-state index in [2.05, 4.69) is 5.32 Å². The summed E-state index contributed by atoms with van der Waals surface area (Å²) in [5.41, 5.74) is 0.409. The molecule has 0 radical (unpaired) electrons. The lowest BCUT2D eigenvalue weighted by atomic mass is 9.97. The quantitative estimate of drug-likeness (QED) is 0.782. The molecule has 0 spiro atoms. The van der Waals surface area contributed by atoms with Crippen molar-refractivity contribution in [1.82, 2.24) is 9.21 Å². The Morgan fingerprint density at radius 3 is 2.48 bits per heavy atom. The molecule has 2 saturated heterocycles. The van der Waals surface area contributed by atoms with Gasteiger partial charge in [0.25, 0.3) is 0 Å². The fourth-order valence-corrected chi connectivity index (χ4v) is 5.62. The molecule has 0 unspecified atom stereocenters. The van der Waals surface area contributed by atoms with E-state index in [0.29, 0.717) is 38.3 Å². The molecule has 3 rings (SSSR count). The van der Waals surface area contributed by atoms with Crippen LogP contribution in [0.1, 0.15) is 39.0 Å². The molecule has 2 aliphatic rings. The number of carbonyl (C=O) groups excluding carboxylic acids is 2. The number of nitrogens with zero attached hydrogens (tertiary/aromatic N) is 2. The number of likely N-dealkylation sites (tertiary alicyclic amines) is 1. The maximum Gasteiger partial charge on any atom is 0.246 e. The number of hydrogen-bond acceptors (Lipinski definition) is 5. The van der Waals surface area contributed by atoms with Crippen molar-refractivity contribution < 1.29 is 22.7 Å². The number of anilines is 1. The minimum Gasteiger partial charge on any atom is -0.495 e. The highest BCUT2D eigenvalue weighted by atomic mass is 32.2. The van der Waals surface area contributed by atoms with E-state index in [4.69, 9.17) is 4.74 Å². The summed E-state index contributed by atoms with van der Waals surface area (Å²) in [6.07, 6.45) is 4.18. The van der Waals surface area contributed by atoms with Crippen LogP contribution in [0.5, 0.6) is 5.75 Å². The first-order valence-corrected chi connectivity index (χ1v) is 11.5. The number of rotatable bonds is 5. The minimum absolute atomic E-state index is 0.0399. The molecule has 1 aromatic rings. The van der Waals surface area contributed by atoms with Gasteiger partial charge in [-0.05, 0) is 43.9 Å². The molecule has 1 N–H and O–H groups in total. The van der Waals surface area contributed by atoms with Gasteiger partial charge in [0.05, 0.1) is 13.0 Å². The van der Waals surface area contributed by atoms with Crippen molar-refractivity contribution in [2.45, 2.75) is 43.9 Å². The molecule has 2 aliphatic heterocycles. The summed E-state index contributed by atoms with van der Waals surface area (Å²) in [5, 5.41) is 2.82. The molecule has 0 bridgehead atoms. The Labute approximate surface area is 172 Å². The number of methoxy groups -OCH3 is 1. The molecule has 1 atom stereocenters. The predicted molar refractivity (Wildman–Crippen MR) is 109 cm³/mol. The molecule has 9 heteroatoms. The lowest BCUT2D eigenvalue weighted by Crippen LogP contribution is -2.42. The molecular formula is C20H29N3O5S. The Morgan fingerprint density at radius 2 is 1.83 bits per heavy atom. The van der Waals surface area contributed by atoms with E-state index < -0.39 is 10.0 Å². The first kappa shape index (κ1) is 21.6. The average molecular weight is 424 g/mol. The molecule has 160 valence electrons. The van der Waals surface area contributed by atoms with Crippen molar-refractivity contribution in [2.75, 3.05) is 38.6 Å². The summed E-state index contributed by atoms with van der Waals surface area (Å²) < 4.78 is 33.0. The number of amides is 2. The molecule has 2 fully saturated rings. The Balaban J connectivity index is 1.79. The van der Waals surface area contributed by atoms with E-state index in [0.717, 1.165) is 25.7 Å². The van der Waals surface area contributed by atoms with Crippen LogP contribution in [0, 0.1) is 5.92 Å². The standard InChI is InChI=1S/C20H29N3O5S/c1-15(24)22-10-6-7-16(14-22)20(25)21-17-8-9-18(28-2)19(13-17)29(26,27)23-11-4-3-5-12-23/h8-9,13,16H,3-7,10-12,14H2,1-2H3,(H,21,25)/t16-/m0/s1. The number of ether oxygens (including phenoxy) is 1. The van der Waals surface area contributed by atoms with E-state index >= 15 is 0 Å². The van der Waals surface area contributed by atoms with Gasteiger partial charge in [-0.1, -0.05) is 6.42 Å². The smallest absolute Gasteiger partial charge is 0.246 e. The van der Waals surface area contributed by atoms with Gasteiger partial charge in [-0.25, -0.2) is 8.42 Å². The Hall–Kier alpha value is -2.13. The highest BCUT2D eigenvalue weighted by Gasteiger charge is 2.30. The van der Waals surface area contributed by atoms with Crippen LogP contribution in [0.15, 0.2) is 23.1 Å². The number of piperidine rings is 2. The molecule has 2 amide bonds. The summed E-state index contributed by atoms with van der Waals surface area (Å²) in [7, 11) is -2.27. The number of carbonyl (C=O) groups is 2. The topological polar surface area (TPSA) is 96.0 Å². The second-order valence-corrected chi connectivity index (χ2v) is 9.53. The normalized spacial score (nSPS) is 20.9. The Bertz CT molecular complexity index is 865. The second kappa shape index (κ2) is 9.13. The highest BCUT2D eigenvalue weighted by Crippen LogP contribution is 2.31. The zero-order valence-electron chi connectivity index (χ0n) is 17.0. The van der Waals surface area contributed by atoms with E-state index in [1.54, 1.807) is 17.0 Å². The summed E-state index contributed by atoms with van der Waals surface area (Å²) in [6.45, 7) is 3.54. The summed E-state index contributed by atoms with van der Waals surface area (Å²) in [6, 6.07) is 4.67. The van der Waals surface area contributed by atoms with Gasteiger partial charge in [0.2, 0.25) is 21.8 Å². The summed E-state index contributed by atoms with van der Waals surface area (Å²) in [4.78, 5) is 26.1. The van der Waals surface area contributed by atoms with E-state index in [-0.39, 0.29) is 28.4 Å². The lowest BCUT2D eigenvalue weighted by Gasteiger charge is -2.31. The second-order valence-electron chi connectivity index (χ2n) is 7.62. The summed E-state index contributed by atoms with van der Waals surface area (Å²) in [5.74, 6) is -0.296. The van der Waals surface area contributed by atoms with E-state index in [1.165, 1.54) is 24.4 Å². The molecule has 29 heavy (non-hydrogen) atoms. The van der Waals surface area contributed by atoms with Gasteiger partial charge in [-0.15, -0.1) is 0 Å². The molecule has 1 aromatic carbocycles. The van der Waals surface area contributed by atoms with Crippen LogP contribution in [0.25, 0.3) is 0 Å². The highest BCUT2D eigenvalue weighted by molar-refractivity contribution is 7.89. The maximum atomic E-state index is 13.1. The molecular weight excluding hydrogens is 394 g/mol. The predicted octanol–water partition coefficient (Wildman–Crippen LogP) is 2.07. The van der Waals surface area contributed by atoms with Gasteiger partial charge in [0, 0.05) is 38.8 Å². The minimum atomic E-state index is -3.70. The van der Waals surface area contributed by atoms with Crippen LogP contribution < -0.4 is 10.1 Å². The van der Waals surface area contributed by atoms with Crippen molar-refractivity contribution in [3.8, 4) is 5.75 Å². The van der Waals surface area contributed by atoms with Gasteiger partial charge in [0.15, 0.2) is 0 Å². The van der Waals surface area contributed by atoms with E-state index in [1.807, 2.05) is 0 Å². The monoisotopic (exact) mass is 423 g/mol. The average Bonchev–Trinajstić information content (AvgIpc) is 2.74. The third-order valence-corrected chi connectivity index (χ3v) is 7.52. The van der Waals surface area contributed by atoms with Crippen LogP contribution in [-0.2, 0) is 19.6 Å². The molecule has 0 aromatic heterocycles. The van der Waals surface area contributed by atoms with Crippen molar-refractivity contribution in [2.24, 2.45) is 5.92 Å². The van der Waals surface area contributed by atoms with Crippen LogP contribution in [0.2, 0.25) is 0 Å². The number of hydrogen-bond donors (Lipinski definition) is 1. The van der Waals surface area contributed by atoms with Crippen molar-refractivity contribution in [3.05, 3.63) is 18.2 Å². The SMILES string of the molecule is COc1ccc(NC(=O)[C@H]2CCCN(C(C)=O)C2)cc1S(=O)(=O)N1CCCCC1. The largest absolute Gasteiger partial charge is 0.495 e. The number of sulfonamides is 1. The van der Waals surface area contributed by atoms with Crippen LogP contribution in [-0.4, -0.2) is 62.7 Å². The lowest BCUT2D eigenvalue weighted by molar-refractivity contribution is -0.132. The third-order valence-electron chi connectivity index (χ3n) is 5.60. The van der Waals surface area contributed by atoms with Gasteiger partial charge in [-0.3, -0.25) is 9.59 Å². The zero-order chi connectivity index (χ0) is 21.0. The van der Waals surface area contributed by atoms with Crippen molar-refractivity contribution in [3.63, 3.8) is 0 Å². The Kier molecular flexibility index (Phi) is 6.79. The fourth-order valence-electron chi connectivity index (χ4n) is 3.92. The Morgan fingerprint density at radius 1 is 1.10 bits per heavy atom. The number of benzene rings is 1. The summed E-state index contributed by atoms with van der Waals surface area (Å²) >= 11 is 0.